The molecule has 3 aliphatic rings. The van der Waals surface area contributed by atoms with E-state index in [-0.39, 0.29) is 37.6 Å². The highest BCUT2D eigenvalue weighted by atomic mass is 16.6. The van der Waals surface area contributed by atoms with Crippen LogP contribution in [-0.2, 0) is 46.2 Å². The van der Waals surface area contributed by atoms with Crippen LogP contribution >= 0.6 is 0 Å². The van der Waals surface area contributed by atoms with E-state index in [2.05, 4.69) is 74.3 Å². The van der Waals surface area contributed by atoms with Crippen LogP contribution in [0.4, 0.5) is 28.8 Å². The summed E-state index contributed by atoms with van der Waals surface area (Å²) < 4.78 is 35.1. The Morgan fingerprint density at radius 2 is 0.832 bits per heavy atom. The minimum absolute atomic E-state index is 0.000768. The number of hydrogen-bond acceptors (Lipinski definition) is 16. The molecule has 0 saturated carbocycles. The average molecular weight is 1410 g/mol. The molecule has 0 radical (unpaired) electrons. The van der Waals surface area contributed by atoms with Gasteiger partial charge in [0, 0.05) is 130 Å². The monoisotopic (exact) mass is 1410 g/mol. The Bertz CT molecular complexity index is 3050. The molecule has 2 fully saturated rings. The molecule has 3 aromatic carbocycles. The number of fused-ring (bicyclic) bond motifs is 3. The maximum atomic E-state index is 13.9. The number of carbonyl (C=O) groups is 7. The van der Waals surface area contributed by atoms with E-state index >= 15 is 0 Å². The molecule has 3 aromatic rings. The van der Waals surface area contributed by atoms with Crippen molar-refractivity contribution in [2.24, 2.45) is 0 Å². The van der Waals surface area contributed by atoms with Crippen LogP contribution in [0.1, 0.15) is 196 Å². The van der Waals surface area contributed by atoms with Gasteiger partial charge < -0.3 is 73.8 Å². The van der Waals surface area contributed by atoms with Gasteiger partial charge in [-0.1, -0.05) is 72.8 Å². The first-order valence-electron chi connectivity index (χ1n) is 37.1. The lowest BCUT2D eigenvalue weighted by atomic mass is 9.98. The Labute approximate surface area is 603 Å². The molecule has 1 aliphatic carbocycles. The van der Waals surface area contributed by atoms with E-state index in [0.29, 0.717) is 143 Å². The zero-order valence-electron chi connectivity index (χ0n) is 63.9. The van der Waals surface area contributed by atoms with Crippen LogP contribution in [0.3, 0.4) is 0 Å². The van der Waals surface area contributed by atoms with Gasteiger partial charge in [0.05, 0.1) is 0 Å². The molecule has 0 spiro atoms. The highest BCUT2D eigenvalue weighted by molar-refractivity contribution is 5.79. The summed E-state index contributed by atoms with van der Waals surface area (Å²) in [7, 11) is 0. The van der Waals surface area contributed by atoms with Crippen LogP contribution in [0.15, 0.2) is 72.8 Å². The van der Waals surface area contributed by atoms with Gasteiger partial charge >= 0.3 is 36.6 Å². The molecule has 564 valence electrons. The van der Waals surface area contributed by atoms with Crippen LogP contribution in [0, 0.1) is 0 Å². The van der Waals surface area contributed by atoms with Gasteiger partial charge in [-0.3, -0.25) is 9.69 Å². The molecule has 3 N–H and O–H groups in total. The Morgan fingerprint density at radius 3 is 1.30 bits per heavy atom. The van der Waals surface area contributed by atoms with E-state index in [1.54, 1.807) is 24.5 Å². The number of alkyl carbamates (subject to hydrolysis) is 1. The molecule has 2 saturated heterocycles. The number of hydrogen-bond donors (Lipinski definition) is 3. The fourth-order valence-electron chi connectivity index (χ4n) is 12.4. The third kappa shape index (κ3) is 31.4. The van der Waals surface area contributed by atoms with Crippen molar-refractivity contribution in [1.29, 1.82) is 0 Å². The summed E-state index contributed by atoms with van der Waals surface area (Å²) in [5, 5.41) is 9.81. The van der Waals surface area contributed by atoms with E-state index < -0.39 is 64.6 Å². The lowest BCUT2D eigenvalue weighted by molar-refractivity contribution is -0.121. The maximum Gasteiger partial charge on any atom is 0.410 e. The zero-order valence-corrected chi connectivity index (χ0v) is 63.9. The molecule has 7 amide bonds. The maximum absolute atomic E-state index is 13.9. The molecule has 0 aromatic heterocycles. The van der Waals surface area contributed by atoms with Crippen molar-refractivity contribution in [2.45, 2.75) is 221 Å². The average Bonchev–Trinajstić information content (AvgIpc) is 1.62. The fourth-order valence-corrected chi connectivity index (χ4v) is 12.4. The van der Waals surface area contributed by atoms with E-state index in [1.165, 1.54) is 22.3 Å². The van der Waals surface area contributed by atoms with Crippen molar-refractivity contribution in [1.82, 2.24) is 50.2 Å². The molecule has 6 rings (SSSR count). The third-order valence-corrected chi connectivity index (χ3v) is 17.3. The van der Waals surface area contributed by atoms with Gasteiger partial charge in [-0.2, -0.15) is 0 Å². The number of nitrogens with zero attached hydrogens (tertiary/aromatic N) is 7. The summed E-state index contributed by atoms with van der Waals surface area (Å²) in [6, 6.07) is 25.2. The standard InChI is InChI=1S/C78H124N10O13/c1-74(2,3)97-69(91)84-44-26-45-85(70(92)98-75(4,5)6)52-50-82(41-24-21-32-67(89)80-38-22-16-23-39-81-68(90)96-58-66-64-30-19-17-28-62(64)63-29-18-20-31-65(63)66)48-37-61(79-40-49-84)56-59-33-35-60(36-34-59)57-83-42-25-43-87(72(94)100-77(10,11)12)54-55-88(73(95)101-78(13,14)15)47-27-46-86(53-51-83)71(93)99-76(7,8)9/h17-20,28-31,33-36,61,66,79H,16,21-27,32,37-58H2,1-15H3,(H,80,89)(H,81,90). The normalized spacial score (nSPS) is 17.5. The lowest BCUT2D eigenvalue weighted by Crippen LogP contribution is -2.47. The summed E-state index contributed by atoms with van der Waals surface area (Å²) >= 11 is 0. The predicted octanol–water partition coefficient (Wildman–Crippen LogP) is 13.1. The van der Waals surface area contributed by atoms with E-state index in [1.807, 2.05) is 128 Å². The van der Waals surface area contributed by atoms with Gasteiger partial charge in [-0.25, -0.2) is 28.8 Å². The summed E-state index contributed by atoms with van der Waals surface area (Å²) in [4.78, 5) is 108. The van der Waals surface area contributed by atoms with Crippen LogP contribution in [0.5, 0.6) is 0 Å². The van der Waals surface area contributed by atoms with Gasteiger partial charge in [0.1, 0.15) is 34.6 Å². The molecule has 0 bridgehead atoms. The Balaban J connectivity index is 1.09. The van der Waals surface area contributed by atoms with Crippen molar-refractivity contribution in [2.75, 3.05) is 124 Å². The van der Waals surface area contributed by atoms with E-state index in [4.69, 9.17) is 28.4 Å². The van der Waals surface area contributed by atoms with Crippen molar-refractivity contribution in [3.05, 3.63) is 95.1 Å². The number of unbranched alkanes of at least 4 members (excludes halogenated alkanes) is 3. The second-order valence-electron chi connectivity index (χ2n) is 32.1. The number of ether oxygens (including phenoxy) is 6. The number of carbonyl (C=O) groups excluding carboxylic acids is 7. The van der Waals surface area contributed by atoms with Crippen LogP contribution in [-0.4, -0.2) is 235 Å². The third-order valence-electron chi connectivity index (χ3n) is 17.3. The van der Waals surface area contributed by atoms with Gasteiger partial charge in [0.2, 0.25) is 5.91 Å². The number of rotatable bonds is 17. The zero-order chi connectivity index (χ0) is 74.0. The second kappa shape index (κ2) is 39.3. The Kier molecular flexibility index (Phi) is 32.2. The van der Waals surface area contributed by atoms with Crippen molar-refractivity contribution in [3.8, 4) is 11.1 Å². The molecule has 23 heteroatoms. The molecule has 101 heavy (non-hydrogen) atoms. The molecule has 1 unspecified atom stereocenters. The van der Waals surface area contributed by atoms with Gasteiger partial charge in [0.15, 0.2) is 0 Å². The van der Waals surface area contributed by atoms with Crippen molar-refractivity contribution < 1.29 is 62.0 Å². The van der Waals surface area contributed by atoms with Gasteiger partial charge in [-0.15, -0.1) is 0 Å². The largest absolute Gasteiger partial charge is 0.449 e. The highest BCUT2D eigenvalue weighted by Crippen LogP contribution is 2.44. The topological polar surface area (TPSA) is 234 Å². The van der Waals surface area contributed by atoms with Crippen molar-refractivity contribution >= 4 is 42.5 Å². The quantitative estimate of drug-likeness (QED) is 0.0842. The highest BCUT2D eigenvalue weighted by Gasteiger charge is 2.32. The molecule has 23 nitrogen and oxygen atoms in total. The van der Waals surface area contributed by atoms with E-state index in [0.717, 1.165) is 49.8 Å². The Morgan fingerprint density at radius 1 is 0.426 bits per heavy atom. The Hall–Kier alpha value is -7.37. The summed E-state index contributed by atoms with van der Waals surface area (Å²) in [6.45, 7) is 36.6. The first-order chi connectivity index (χ1) is 47.6. The predicted molar refractivity (Wildman–Crippen MR) is 395 cm³/mol. The number of benzene rings is 3. The van der Waals surface area contributed by atoms with Crippen LogP contribution in [0.25, 0.3) is 11.1 Å². The molecular weight excluding hydrogens is 1280 g/mol. The fraction of sp³-hybridized carbons (Fsp3) is 0.679. The molecule has 1 atom stereocenters. The first-order valence-corrected chi connectivity index (χ1v) is 37.1. The SMILES string of the molecule is CC(C)(C)OC(=O)N1CCCN(C(=O)OC(C)(C)C)CCN(CCCCC(=O)NCCCCCNC(=O)OCC2c3ccccc3-c3ccccc32)CCC(Cc2ccc(CN3CCCN(C(=O)OC(C)(C)C)CCN(C(=O)OC(C)(C)C)CCCN(C(=O)OC(C)(C)C)CC3)cc2)NCC1. The number of nitrogens with one attached hydrogen (secondary N) is 3. The second-order valence-corrected chi connectivity index (χ2v) is 32.1. The van der Waals surface area contributed by atoms with Crippen LogP contribution in [0.2, 0.25) is 0 Å². The van der Waals surface area contributed by atoms with Crippen molar-refractivity contribution in [3.63, 3.8) is 0 Å². The van der Waals surface area contributed by atoms with Gasteiger partial charge in [-0.05, 0) is 215 Å². The smallest absolute Gasteiger partial charge is 0.410 e. The summed E-state index contributed by atoms with van der Waals surface area (Å²) in [5.41, 5.74) is 3.33. The number of amides is 7. The minimum Gasteiger partial charge on any atom is -0.449 e. The lowest BCUT2D eigenvalue weighted by Gasteiger charge is -2.34. The summed E-state index contributed by atoms with van der Waals surface area (Å²) in [5.74, 6) is 0.00638. The molecule has 2 heterocycles. The van der Waals surface area contributed by atoms with E-state index in [9.17, 15) is 33.6 Å². The van der Waals surface area contributed by atoms with Gasteiger partial charge in [0.25, 0.3) is 0 Å². The first kappa shape index (κ1) is 82.6. The summed E-state index contributed by atoms with van der Waals surface area (Å²) in [6.07, 6.45) is 4.64. The molecule has 2 aliphatic heterocycles. The minimum atomic E-state index is -0.734. The van der Waals surface area contributed by atoms with Crippen LogP contribution < -0.4 is 16.0 Å². The molecular formula is C78H124N10O13.